The van der Waals surface area contributed by atoms with Crippen LogP contribution in [0.15, 0.2) is 72.8 Å². The van der Waals surface area contributed by atoms with E-state index in [1.165, 1.54) is 0 Å². The molecule has 1 saturated carbocycles. The third-order valence-corrected chi connectivity index (χ3v) is 15.3. The van der Waals surface area contributed by atoms with Crippen molar-refractivity contribution in [3.63, 3.8) is 0 Å². The average Bonchev–Trinajstić information content (AvgIpc) is 3.48. The van der Waals surface area contributed by atoms with Crippen molar-refractivity contribution in [1.82, 2.24) is 0 Å². The van der Waals surface area contributed by atoms with Gasteiger partial charge < -0.3 is 0 Å². The van der Waals surface area contributed by atoms with Gasteiger partial charge in [0.1, 0.15) is 0 Å². The maximum Gasteiger partial charge on any atom is 0.416 e. The van der Waals surface area contributed by atoms with Crippen LogP contribution in [0, 0.1) is 33.6 Å². The molecule has 3 atom stereocenters. The van der Waals surface area contributed by atoms with Gasteiger partial charge in [0.05, 0.1) is 22.3 Å². The summed E-state index contributed by atoms with van der Waals surface area (Å²) in [4.78, 5) is 0. The fourth-order valence-electron chi connectivity index (χ4n) is 7.53. The Balaban J connectivity index is 1.79. The Bertz CT molecular complexity index is 1720. The summed E-state index contributed by atoms with van der Waals surface area (Å²) in [5.74, 6) is -0.485. The van der Waals surface area contributed by atoms with Crippen molar-refractivity contribution in [2.75, 3.05) is 0 Å². The lowest BCUT2D eigenvalue weighted by atomic mass is 10.0. The van der Waals surface area contributed by atoms with Gasteiger partial charge in [-0.25, -0.2) is 0 Å². The van der Waals surface area contributed by atoms with Crippen molar-refractivity contribution in [2.45, 2.75) is 89.9 Å². The molecule has 1 aliphatic rings. The zero-order valence-corrected chi connectivity index (χ0v) is 31.0. The van der Waals surface area contributed by atoms with E-state index in [1.807, 2.05) is 64.1 Å². The third kappa shape index (κ3) is 9.41. The zero-order valence-electron chi connectivity index (χ0n) is 29.2. The molecule has 0 nitrogen and oxygen atoms in total. The molecular weight excluding hydrogens is 758 g/mol. The monoisotopic (exact) mass is 794 g/mol. The number of benzene rings is 4. The minimum absolute atomic E-state index is 0.0905. The van der Waals surface area contributed by atoms with Crippen LogP contribution in [-0.2, 0) is 24.7 Å². The lowest BCUT2D eigenvalue weighted by Crippen LogP contribution is -2.34. The van der Waals surface area contributed by atoms with Crippen LogP contribution in [0.3, 0.4) is 0 Å². The Hall–Kier alpha value is -3.10. The summed E-state index contributed by atoms with van der Waals surface area (Å²) in [5.41, 5.74) is -4.09. The number of hydrogen-bond acceptors (Lipinski definition) is 0. The summed E-state index contributed by atoms with van der Waals surface area (Å²) >= 11 is 0. The second kappa shape index (κ2) is 14.9. The predicted octanol–water partition coefficient (Wildman–Crippen LogP) is 12.1. The van der Waals surface area contributed by atoms with Gasteiger partial charge in [0.15, 0.2) is 0 Å². The van der Waals surface area contributed by atoms with E-state index in [0.717, 1.165) is 32.9 Å². The highest BCUT2D eigenvalue weighted by Crippen LogP contribution is 2.57. The molecule has 0 bridgehead atoms. The van der Waals surface area contributed by atoms with Gasteiger partial charge in [0.2, 0.25) is 0 Å². The average molecular weight is 795 g/mol. The highest BCUT2D eigenvalue weighted by atomic mass is 31.1. The highest BCUT2D eigenvalue weighted by Gasteiger charge is 2.45. The molecule has 0 aliphatic heterocycles. The van der Waals surface area contributed by atoms with Gasteiger partial charge in [-0.1, -0.05) is 72.0 Å². The van der Waals surface area contributed by atoms with Crippen molar-refractivity contribution in [1.29, 1.82) is 0 Å². The normalized spacial score (nSPS) is 17.9. The molecule has 4 aromatic carbocycles. The largest absolute Gasteiger partial charge is 0.416 e. The molecule has 5 rings (SSSR count). The first-order chi connectivity index (χ1) is 24.3. The van der Waals surface area contributed by atoms with Crippen molar-refractivity contribution in [2.24, 2.45) is 5.92 Å². The molecule has 0 radical (unpaired) electrons. The Morgan fingerprint density at radius 2 is 0.774 bits per heavy atom. The molecule has 14 heteroatoms. The van der Waals surface area contributed by atoms with E-state index in [9.17, 15) is 52.7 Å². The van der Waals surface area contributed by atoms with Crippen molar-refractivity contribution < 1.29 is 52.7 Å². The van der Waals surface area contributed by atoms with Crippen LogP contribution in [-0.4, -0.2) is 11.3 Å². The Labute approximate surface area is 302 Å². The Kier molecular flexibility index (Phi) is 11.5. The summed E-state index contributed by atoms with van der Waals surface area (Å²) in [6.45, 7) is 9.26. The fraction of sp³-hybridized carbons (Fsp3) is 0.385. The Morgan fingerprint density at radius 1 is 0.453 bits per heavy atom. The van der Waals surface area contributed by atoms with Crippen LogP contribution >= 0.6 is 15.8 Å². The lowest BCUT2D eigenvalue weighted by Gasteiger charge is -2.38. The van der Waals surface area contributed by atoms with Crippen molar-refractivity contribution in [3.05, 3.63) is 117 Å². The third-order valence-electron chi connectivity index (χ3n) is 9.56. The van der Waals surface area contributed by atoms with Crippen LogP contribution in [0.4, 0.5) is 52.7 Å². The minimum atomic E-state index is -5.29. The molecule has 0 aromatic heterocycles. The van der Waals surface area contributed by atoms with Crippen molar-refractivity contribution in [3.8, 4) is 0 Å². The Morgan fingerprint density at radius 3 is 1.08 bits per heavy atom. The molecule has 1 aliphatic carbocycles. The number of aryl methyl sites for hydroxylation is 4. The van der Waals surface area contributed by atoms with E-state index >= 15 is 0 Å². The van der Waals surface area contributed by atoms with Gasteiger partial charge >= 0.3 is 24.7 Å². The van der Waals surface area contributed by atoms with Crippen LogP contribution in [0.1, 0.15) is 70.7 Å². The molecule has 53 heavy (non-hydrogen) atoms. The van der Waals surface area contributed by atoms with Gasteiger partial charge in [0, 0.05) is 0 Å². The fourth-order valence-corrected chi connectivity index (χ4v) is 14.4. The van der Waals surface area contributed by atoms with Crippen LogP contribution in [0.25, 0.3) is 0 Å². The second-order valence-electron chi connectivity index (χ2n) is 13.9. The summed E-state index contributed by atoms with van der Waals surface area (Å²) in [6, 6.07) is 13.7. The maximum absolute atomic E-state index is 14.2. The molecule has 1 fully saturated rings. The summed E-state index contributed by atoms with van der Waals surface area (Å²) in [7, 11) is -3.94. The van der Waals surface area contributed by atoms with Gasteiger partial charge in [-0.3, -0.25) is 0 Å². The van der Waals surface area contributed by atoms with Crippen LogP contribution in [0.5, 0.6) is 0 Å². The first-order valence-electron chi connectivity index (χ1n) is 16.7. The molecule has 4 aromatic rings. The first-order valence-corrected chi connectivity index (χ1v) is 19.5. The van der Waals surface area contributed by atoms with Gasteiger partial charge in [-0.05, 0) is 131 Å². The number of hydrogen-bond donors (Lipinski definition) is 0. The standard InChI is InChI=1S/C39H36F12P2/c1-21-9-22(2)12-30(11-21)53(31-13-23(3)10-24(4)14-31)35-8-6-7-34(35)25(5)52(32-17-26(36(40,41)42)15-27(18-32)37(43,44)45)33-19-28(38(46,47)48)16-29(20-33)39(49,50)51/h9-20,25,34-35H,6-8H2,1-5H3/t25?,34?,35-/m0/s1. The van der Waals surface area contributed by atoms with Crippen LogP contribution < -0.4 is 21.2 Å². The maximum atomic E-state index is 14.2. The number of alkyl halides is 12. The zero-order chi connectivity index (χ0) is 39.4. The first kappa shape index (κ1) is 41.1. The summed E-state index contributed by atoms with van der Waals surface area (Å²) < 4.78 is 170. The minimum Gasteiger partial charge on any atom is -0.166 e. The summed E-state index contributed by atoms with van der Waals surface area (Å²) in [6.07, 6.45) is -19.5. The predicted molar refractivity (Wildman–Crippen MR) is 188 cm³/mol. The van der Waals surface area contributed by atoms with E-state index in [-0.39, 0.29) is 17.8 Å². The summed E-state index contributed by atoms with van der Waals surface area (Å²) in [5, 5.41) is 0.755. The molecule has 0 saturated heterocycles. The molecule has 0 N–H and O–H groups in total. The second-order valence-corrected chi connectivity index (χ2v) is 18.9. The quantitative estimate of drug-likeness (QED) is 0.129. The topological polar surface area (TPSA) is 0 Å². The lowest BCUT2D eigenvalue weighted by molar-refractivity contribution is -0.144. The highest BCUT2D eigenvalue weighted by molar-refractivity contribution is 7.74. The van der Waals surface area contributed by atoms with Gasteiger partial charge in [-0.15, -0.1) is 0 Å². The molecule has 0 spiro atoms. The van der Waals surface area contributed by atoms with E-state index in [1.54, 1.807) is 6.92 Å². The molecule has 0 amide bonds. The molecular formula is C39H36F12P2. The van der Waals surface area contributed by atoms with E-state index in [0.29, 0.717) is 43.5 Å². The van der Waals surface area contributed by atoms with E-state index < -0.39 is 85.0 Å². The van der Waals surface area contributed by atoms with Gasteiger partial charge in [-0.2, -0.15) is 52.7 Å². The van der Waals surface area contributed by atoms with Crippen LogP contribution in [0.2, 0.25) is 0 Å². The van der Waals surface area contributed by atoms with Gasteiger partial charge in [0.25, 0.3) is 0 Å². The molecule has 286 valence electrons. The molecule has 2 unspecified atom stereocenters. The number of rotatable bonds is 7. The number of halogens is 12. The van der Waals surface area contributed by atoms with E-state index in [4.69, 9.17) is 0 Å². The smallest absolute Gasteiger partial charge is 0.166 e. The van der Waals surface area contributed by atoms with Crippen molar-refractivity contribution >= 4 is 37.1 Å². The molecule has 0 heterocycles. The van der Waals surface area contributed by atoms with E-state index in [2.05, 4.69) is 0 Å². The SMILES string of the molecule is Cc1cc(C)cc(P(c2cc(C)cc(C)c2)[C@H]2CCCC2C(C)P(c2cc(C(F)(F)F)cc(C(F)(F)F)c2)c2cc(C(F)(F)F)cc(C(F)(F)F)c2)c1.